The molecule has 2 rings (SSSR count). The molecule has 2 N–H and O–H groups in total. The quantitative estimate of drug-likeness (QED) is 0.274. The predicted molar refractivity (Wildman–Crippen MR) is 126 cm³/mol. The molecule has 1 aliphatic rings. The number of hydrogen-bond acceptors (Lipinski definition) is 5. The SMILES string of the molecule is CCCCOCCOCCNC(=NC)NCCCN1CCN(c2ccccc2)CC1. The lowest BCUT2D eigenvalue weighted by atomic mass is 10.2. The first-order chi connectivity index (χ1) is 14.8. The Morgan fingerprint density at radius 2 is 1.60 bits per heavy atom. The Bertz CT molecular complexity index is 562. The van der Waals surface area contributed by atoms with Gasteiger partial charge in [0.15, 0.2) is 5.96 Å². The number of aliphatic imine (C=N–C) groups is 1. The van der Waals surface area contributed by atoms with Crippen molar-refractivity contribution in [1.82, 2.24) is 15.5 Å². The zero-order chi connectivity index (χ0) is 21.3. The van der Waals surface area contributed by atoms with E-state index in [9.17, 15) is 0 Å². The van der Waals surface area contributed by atoms with Crippen LogP contribution in [0.3, 0.4) is 0 Å². The van der Waals surface area contributed by atoms with E-state index in [1.54, 1.807) is 7.05 Å². The minimum atomic E-state index is 0.648. The fourth-order valence-electron chi connectivity index (χ4n) is 3.41. The minimum absolute atomic E-state index is 0.648. The van der Waals surface area contributed by atoms with E-state index in [1.165, 1.54) is 12.1 Å². The molecule has 1 aromatic carbocycles. The van der Waals surface area contributed by atoms with Gasteiger partial charge in [0.2, 0.25) is 0 Å². The van der Waals surface area contributed by atoms with Gasteiger partial charge in [-0.1, -0.05) is 31.5 Å². The Morgan fingerprint density at radius 1 is 0.900 bits per heavy atom. The monoisotopic (exact) mass is 419 g/mol. The summed E-state index contributed by atoms with van der Waals surface area (Å²) in [4.78, 5) is 9.30. The highest BCUT2D eigenvalue weighted by atomic mass is 16.5. The Labute approximate surface area is 182 Å². The van der Waals surface area contributed by atoms with Gasteiger partial charge in [0, 0.05) is 58.6 Å². The number of nitrogens with one attached hydrogen (secondary N) is 2. The molecule has 30 heavy (non-hydrogen) atoms. The van der Waals surface area contributed by atoms with Gasteiger partial charge < -0.3 is 25.0 Å². The number of rotatable bonds is 14. The van der Waals surface area contributed by atoms with Gasteiger partial charge in [-0.15, -0.1) is 0 Å². The lowest BCUT2D eigenvalue weighted by molar-refractivity contribution is 0.0487. The van der Waals surface area contributed by atoms with Gasteiger partial charge in [0.1, 0.15) is 0 Å². The van der Waals surface area contributed by atoms with E-state index in [-0.39, 0.29) is 0 Å². The zero-order valence-corrected chi connectivity index (χ0v) is 18.9. The van der Waals surface area contributed by atoms with E-state index in [0.717, 1.165) is 71.2 Å². The molecule has 0 bridgehead atoms. The van der Waals surface area contributed by atoms with Gasteiger partial charge in [0.05, 0.1) is 19.8 Å². The van der Waals surface area contributed by atoms with E-state index < -0.39 is 0 Å². The van der Waals surface area contributed by atoms with Crippen molar-refractivity contribution in [2.45, 2.75) is 26.2 Å². The van der Waals surface area contributed by atoms with Crippen LogP contribution in [0.5, 0.6) is 0 Å². The number of guanidine groups is 1. The topological polar surface area (TPSA) is 61.4 Å². The molecule has 7 nitrogen and oxygen atoms in total. The fraction of sp³-hybridized carbons (Fsp3) is 0.696. The lowest BCUT2D eigenvalue weighted by Crippen LogP contribution is -2.47. The number of ether oxygens (including phenoxy) is 2. The maximum atomic E-state index is 5.57. The summed E-state index contributed by atoms with van der Waals surface area (Å²) in [7, 11) is 1.81. The van der Waals surface area contributed by atoms with Crippen LogP contribution in [0.2, 0.25) is 0 Å². The first-order valence-corrected chi connectivity index (χ1v) is 11.5. The molecule has 0 spiro atoms. The molecule has 1 aliphatic heterocycles. The third-order valence-corrected chi connectivity index (χ3v) is 5.21. The molecule has 1 aromatic rings. The molecule has 0 unspecified atom stereocenters. The summed E-state index contributed by atoms with van der Waals surface area (Å²) >= 11 is 0. The third kappa shape index (κ3) is 10.3. The molecule has 1 saturated heterocycles. The molecule has 0 atom stereocenters. The second kappa shape index (κ2) is 15.9. The summed E-state index contributed by atoms with van der Waals surface area (Å²) in [6.07, 6.45) is 3.40. The van der Waals surface area contributed by atoms with Crippen LogP contribution in [0.4, 0.5) is 5.69 Å². The number of para-hydroxylation sites is 1. The van der Waals surface area contributed by atoms with Crippen molar-refractivity contribution in [3.8, 4) is 0 Å². The van der Waals surface area contributed by atoms with Crippen LogP contribution in [0.15, 0.2) is 35.3 Å². The van der Waals surface area contributed by atoms with E-state index in [2.05, 4.69) is 62.7 Å². The molecule has 0 aliphatic carbocycles. The number of piperazine rings is 1. The third-order valence-electron chi connectivity index (χ3n) is 5.21. The Balaban J connectivity index is 1.45. The average Bonchev–Trinajstić information content (AvgIpc) is 2.80. The number of nitrogens with zero attached hydrogens (tertiary/aromatic N) is 3. The summed E-state index contributed by atoms with van der Waals surface area (Å²) < 4.78 is 11.1. The lowest BCUT2D eigenvalue weighted by Gasteiger charge is -2.36. The standard InChI is InChI=1S/C23H41N5O2/c1-3-4-18-29-20-21-30-19-12-26-23(24-2)25-11-8-13-27-14-16-28(17-15-27)22-9-6-5-7-10-22/h5-7,9-10H,3-4,8,11-21H2,1-2H3,(H2,24,25,26). The summed E-state index contributed by atoms with van der Waals surface area (Å²) in [6, 6.07) is 10.7. The van der Waals surface area contributed by atoms with E-state index in [1.807, 2.05) is 0 Å². The highest BCUT2D eigenvalue weighted by molar-refractivity contribution is 5.79. The molecule has 7 heteroatoms. The maximum Gasteiger partial charge on any atom is 0.191 e. The number of unbranched alkanes of at least 4 members (excludes halogenated alkanes) is 1. The molecule has 0 radical (unpaired) electrons. The fourth-order valence-corrected chi connectivity index (χ4v) is 3.41. The van der Waals surface area contributed by atoms with Crippen molar-refractivity contribution < 1.29 is 9.47 Å². The van der Waals surface area contributed by atoms with Crippen molar-refractivity contribution >= 4 is 11.6 Å². The number of benzene rings is 1. The highest BCUT2D eigenvalue weighted by Gasteiger charge is 2.16. The molecule has 0 aromatic heterocycles. The summed E-state index contributed by atoms with van der Waals surface area (Å²) in [5, 5.41) is 6.69. The van der Waals surface area contributed by atoms with Gasteiger partial charge in [-0.25, -0.2) is 0 Å². The summed E-state index contributed by atoms with van der Waals surface area (Å²) in [5.74, 6) is 0.840. The van der Waals surface area contributed by atoms with Crippen LogP contribution in [-0.4, -0.2) is 90.1 Å². The normalized spacial score (nSPS) is 15.4. The Hall–Kier alpha value is -1.83. The van der Waals surface area contributed by atoms with Gasteiger partial charge in [-0.05, 0) is 31.5 Å². The molecule has 0 saturated carbocycles. The van der Waals surface area contributed by atoms with Crippen molar-refractivity contribution in [2.24, 2.45) is 4.99 Å². The van der Waals surface area contributed by atoms with Crippen LogP contribution in [0.1, 0.15) is 26.2 Å². The Kier molecular flexibility index (Phi) is 13.0. The van der Waals surface area contributed by atoms with Gasteiger partial charge >= 0.3 is 0 Å². The number of hydrogen-bond donors (Lipinski definition) is 2. The van der Waals surface area contributed by atoms with Crippen molar-refractivity contribution in [1.29, 1.82) is 0 Å². The molecule has 1 fully saturated rings. The second-order valence-corrected chi connectivity index (χ2v) is 7.52. The second-order valence-electron chi connectivity index (χ2n) is 7.52. The van der Waals surface area contributed by atoms with E-state index >= 15 is 0 Å². The van der Waals surface area contributed by atoms with E-state index in [4.69, 9.17) is 9.47 Å². The summed E-state index contributed by atoms with van der Waals surface area (Å²) in [6.45, 7) is 12.2. The van der Waals surface area contributed by atoms with Crippen LogP contribution >= 0.6 is 0 Å². The van der Waals surface area contributed by atoms with Crippen LogP contribution in [-0.2, 0) is 9.47 Å². The maximum absolute atomic E-state index is 5.57. The molecular formula is C23H41N5O2. The zero-order valence-electron chi connectivity index (χ0n) is 18.9. The van der Waals surface area contributed by atoms with E-state index in [0.29, 0.717) is 19.8 Å². The predicted octanol–water partition coefficient (Wildman–Crippen LogP) is 2.20. The molecule has 1 heterocycles. The highest BCUT2D eigenvalue weighted by Crippen LogP contribution is 2.15. The largest absolute Gasteiger partial charge is 0.379 e. The van der Waals surface area contributed by atoms with Gasteiger partial charge in [0.25, 0.3) is 0 Å². The first kappa shape index (κ1) is 24.4. The molecular weight excluding hydrogens is 378 g/mol. The van der Waals surface area contributed by atoms with Crippen LogP contribution < -0.4 is 15.5 Å². The molecule has 170 valence electrons. The first-order valence-electron chi connectivity index (χ1n) is 11.5. The smallest absolute Gasteiger partial charge is 0.191 e. The van der Waals surface area contributed by atoms with Crippen molar-refractivity contribution in [3.63, 3.8) is 0 Å². The average molecular weight is 420 g/mol. The van der Waals surface area contributed by atoms with Crippen LogP contribution in [0, 0.1) is 0 Å². The number of anilines is 1. The Morgan fingerprint density at radius 3 is 2.30 bits per heavy atom. The van der Waals surface area contributed by atoms with Crippen LogP contribution in [0.25, 0.3) is 0 Å². The molecule has 0 amide bonds. The minimum Gasteiger partial charge on any atom is -0.379 e. The summed E-state index contributed by atoms with van der Waals surface area (Å²) in [5.41, 5.74) is 1.33. The van der Waals surface area contributed by atoms with Crippen molar-refractivity contribution in [2.75, 3.05) is 84.2 Å². The van der Waals surface area contributed by atoms with Gasteiger partial charge in [-0.2, -0.15) is 0 Å². The van der Waals surface area contributed by atoms with Gasteiger partial charge in [-0.3, -0.25) is 9.89 Å². The van der Waals surface area contributed by atoms with Crippen molar-refractivity contribution in [3.05, 3.63) is 30.3 Å².